The summed E-state index contributed by atoms with van der Waals surface area (Å²) in [6.07, 6.45) is 2.89. The summed E-state index contributed by atoms with van der Waals surface area (Å²) in [4.78, 5) is 0. The average Bonchev–Trinajstić information content (AvgIpc) is 2.62. The number of hydrogen-bond acceptors (Lipinski definition) is 2. The van der Waals surface area contributed by atoms with Crippen LogP contribution in [0.25, 0.3) is 0 Å². The third-order valence-corrected chi connectivity index (χ3v) is 5.75. The molecule has 4 atom stereocenters. The zero-order valence-electron chi connectivity index (χ0n) is 10.1. The van der Waals surface area contributed by atoms with Crippen molar-refractivity contribution < 1.29 is 9.52 Å². The molecule has 2 rings (SSSR count). The Kier molecular flexibility index (Phi) is 4.37. The average molecular weight is 366 g/mol. The van der Waals surface area contributed by atoms with Crippen molar-refractivity contribution in [3.63, 3.8) is 0 Å². The molecular weight excluding hydrogens is 348 g/mol. The lowest BCUT2D eigenvalue weighted by Gasteiger charge is -2.33. The van der Waals surface area contributed by atoms with E-state index in [-0.39, 0.29) is 0 Å². The van der Waals surface area contributed by atoms with Gasteiger partial charge in [-0.2, -0.15) is 0 Å². The molecule has 0 spiro atoms. The van der Waals surface area contributed by atoms with Crippen molar-refractivity contribution in [2.75, 3.05) is 0 Å². The Morgan fingerprint density at radius 2 is 2.00 bits per heavy atom. The normalized spacial score (nSPS) is 31.5. The van der Waals surface area contributed by atoms with Crippen molar-refractivity contribution in [3.8, 4) is 0 Å². The summed E-state index contributed by atoms with van der Waals surface area (Å²) >= 11 is 6.68. The second-order valence-corrected chi connectivity index (χ2v) is 6.82. The molecule has 1 aliphatic carbocycles. The smallest absolute Gasteiger partial charge is 0.183 e. The Bertz CT molecular complexity index is 369. The molecule has 0 radical (unpaired) electrons. The van der Waals surface area contributed by atoms with Crippen molar-refractivity contribution in [3.05, 3.63) is 21.0 Å². The molecule has 1 saturated carbocycles. The predicted octanol–water partition coefficient (Wildman–Crippen LogP) is 4.91. The van der Waals surface area contributed by atoms with Crippen LogP contribution in [0.15, 0.2) is 19.6 Å². The molecule has 0 aliphatic heterocycles. The van der Waals surface area contributed by atoms with Crippen molar-refractivity contribution in [2.45, 2.75) is 39.2 Å². The molecule has 17 heavy (non-hydrogen) atoms. The third kappa shape index (κ3) is 2.96. The van der Waals surface area contributed by atoms with E-state index in [0.29, 0.717) is 22.3 Å². The maximum Gasteiger partial charge on any atom is 0.183 e. The molecule has 1 N–H and O–H groups in total. The molecule has 1 heterocycles. The van der Waals surface area contributed by atoms with Gasteiger partial charge in [-0.3, -0.25) is 0 Å². The minimum atomic E-state index is -0.479. The van der Waals surface area contributed by atoms with Crippen LogP contribution in [0.2, 0.25) is 0 Å². The molecule has 1 fully saturated rings. The lowest BCUT2D eigenvalue weighted by Crippen LogP contribution is -2.25. The zero-order valence-corrected chi connectivity index (χ0v) is 13.3. The summed E-state index contributed by atoms with van der Waals surface area (Å²) in [7, 11) is 0. The van der Waals surface area contributed by atoms with Gasteiger partial charge in [0, 0.05) is 0 Å². The molecule has 0 saturated heterocycles. The Hall–Kier alpha value is 0.200. The summed E-state index contributed by atoms with van der Waals surface area (Å²) in [5, 5.41) is 10.4. The molecule has 4 heteroatoms. The van der Waals surface area contributed by atoms with Gasteiger partial charge in [-0.15, -0.1) is 0 Å². The highest BCUT2D eigenvalue weighted by Crippen LogP contribution is 2.41. The standard InChI is InChI=1S/C13H18Br2O2/c1-7-3-4-9(5-8(7)2)12(16)11-6-10(14)13(15)17-11/h6-9,12,16H,3-5H2,1-2H3. The molecule has 4 unspecified atom stereocenters. The fourth-order valence-corrected chi connectivity index (χ4v) is 3.23. The minimum absolute atomic E-state index is 0.325. The van der Waals surface area contributed by atoms with Gasteiger partial charge >= 0.3 is 0 Å². The van der Waals surface area contributed by atoms with Crippen molar-refractivity contribution >= 4 is 31.9 Å². The lowest BCUT2D eigenvalue weighted by atomic mass is 9.73. The molecule has 1 aromatic heterocycles. The topological polar surface area (TPSA) is 33.4 Å². The van der Waals surface area contributed by atoms with Crippen LogP contribution in [0.1, 0.15) is 45.0 Å². The van der Waals surface area contributed by atoms with E-state index in [1.807, 2.05) is 6.07 Å². The number of hydrogen-bond donors (Lipinski definition) is 1. The first-order valence-electron chi connectivity index (χ1n) is 6.11. The Morgan fingerprint density at radius 3 is 2.53 bits per heavy atom. The van der Waals surface area contributed by atoms with Crippen molar-refractivity contribution in [2.24, 2.45) is 17.8 Å². The van der Waals surface area contributed by atoms with E-state index >= 15 is 0 Å². The first-order valence-corrected chi connectivity index (χ1v) is 7.70. The first kappa shape index (κ1) is 13.6. The number of rotatable bonds is 2. The number of furan rings is 1. The number of halogens is 2. The van der Waals surface area contributed by atoms with Gasteiger partial charge in [0.25, 0.3) is 0 Å². The molecular formula is C13H18Br2O2. The van der Waals surface area contributed by atoms with Crippen LogP contribution in [0.4, 0.5) is 0 Å². The minimum Gasteiger partial charge on any atom is -0.450 e. The van der Waals surface area contributed by atoms with Crippen LogP contribution in [-0.4, -0.2) is 5.11 Å². The summed E-state index contributed by atoms with van der Waals surface area (Å²) in [6.45, 7) is 4.57. The highest BCUT2D eigenvalue weighted by molar-refractivity contribution is 9.13. The van der Waals surface area contributed by atoms with E-state index in [9.17, 15) is 5.11 Å². The van der Waals surface area contributed by atoms with E-state index in [1.165, 1.54) is 6.42 Å². The molecule has 0 aromatic carbocycles. The maximum absolute atomic E-state index is 10.4. The molecule has 0 bridgehead atoms. The van der Waals surface area contributed by atoms with E-state index in [1.54, 1.807) is 0 Å². The highest BCUT2D eigenvalue weighted by Gasteiger charge is 2.31. The molecule has 96 valence electrons. The van der Waals surface area contributed by atoms with Crippen molar-refractivity contribution in [1.82, 2.24) is 0 Å². The fraction of sp³-hybridized carbons (Fsp3) is 0.692. The summed E-state index contributed by atoms with van der Waals surface area (Å²) in [6, 6.07) is 1.86. The lowest BCUT2D eigenvalue weighted by molar-refractivity contribution is 0.0401. The largest absolute Gasteiger partial charge is 0.450 e. The zero-order chi connectivity index (χ0) is 12.6. The fourth-order valence-electron chi connectivity index (χ4n) is 2.62. The first-order chi connectivity index (χ1) is 7.99. The number of aliphatic hydroxyl groups excluding tert-OH is 1. The van der Waals surface area contributed by atoms with Crippen LogP contribution in [0.3, 0.4) is 0 Å². The number of aliphatic hydroxyl groups is 1. The molecule has 1 aliphatic rings. The Morgan fingerprint density at radius 1 is 1.29 bits per heavy atom. The second kappa shape index (κ2) is 5.45. The monoisotopic (exact) mass is 364 g/mol. The summed E-state index contributed by atoms with van der Waals surface area (Å²) in [5.41, 5.74) is 0. The van der Waals surface area contributed by atoms with E-state index in [0.717, 1.165) is 23.2 Å². The molecule has 2 nitrogen and oxygen atoms in total. The van der Waals surface area contributed by atoms with E-state index in [4.69, 9.17) is 4.42 Å². The second-order valence-electron chi connectivity index (χ2n) is 5.24. The van der Waals surface area contributed by atoms with Gasteiger partial charge in [0.05, 0.1) is 4.47 Å². The van der Waals surface area contributed by atoms with Gasteiger partial charge in [0.1, 0.15) is 11.9 Å². The molecule has 0 amide bonds. The third-order valence-electron chi connectivity index (χ3n) is 4.04. The van der Waals surface area contributed by atoms with Gasteiger partial charge < -0.3 is 9.52 Å². The highest BCUT2D eigenvalue weighted by atomic mass is 79.9. The van der Waals surface area contributed by atoms with Crippen LogP contribution in [-0.2, 0) is 0 Å². The van der Waals surface area contributed by atoms with E-state index < -0.39 is 6.10 Å². The van der Waals surface area contributed by atoms with Crippen molar-refractivity contribution in [1.29, 1.82) is 0 Å². The maximum atomic E-state index is 10.4. The van der Waals surface area contributed by atoms with Crippen LogP contribution < -0.4 is 0 Å². The van der Waals surface area contributed by atoms with Gasteiger partial charge in [0.15, 0.2) is 4.67 Å². The van der Waals surface area contributed by atoms with Crippen LogP contribution >= 0.6 is 31.9 Å². The van der Waals surface area contributed by atoms with Gasteiger partial charge in [-0.05, 0) is 68.5 Å². The van der Waals surface area contributed by atoms with Gasteiger partial charge in [-0.25, -0.2) is 0 Å². The summed E-state index contributed by atoms with van der Waals surface area (Å²) < 4.78 is 7.03. The van der Waals surface area contributed by atoms with Gasteiger partial charge in [0.2, 0.25) is 0 Å². The Balaban J connectivity index is 2.07. The van der Waals surface area contributed by atoms with Crippen LogP contribution in [0.5, 0.6) is 0 Å². The van der Waals surface area contributed by atoms with E-state index in [2.05, 4.69) is 45.7 Å². The quantitative estimate of drug-likeness (QED) is 0.807. The SMILES string of the molecule is CC1CCC(C(O)c2cc(Br)c(Br)o2)CC1C. The molecule has 1 aromatic rings. The van der Waals surface area contributed by atoms with Crippen LogP contribution in [0, 0.1) is 17.8 Å². The Labute approximate surface area is 119 Å². The summed E-state index contributed by atoms with van der Waals surface area (Å²) in [5.74, 6) is 2.44. The predicted molar refractivity (Wildman–Crippen MR) is 74.7 cm³/mol. The van der Waals surface area contributed by atoms with Gasteiger partial charge in [-0.1, -0.05) is 20.3 Å².